The van der Waals surface area contributed by atoms with E-state index in [1.54, 1.807) is 6.08 Å². The molecule has 0 amide bonds. The molecule has 0 aromatic heterocycles. The van der Waals surface area contributed by atoms with E-state index in [4.69, 9.17) is 15.9 Å². The fraction of sp³-hybridized carbons (Fsp3) is 0.722. The standard InChI is InChI=1S/C18H27BrO3/c1-4-6-8-10-12-16-18(21-14(3)20)13-17(22-16)15(19)11-9-7-5-2/h2,7,9,15-18H,4,6,8,10-13H2,1,3H3/b9-7-/t15?,16-,17-,18+/m0/s1. The van der Waals surface area contributed by atoms with E-state index in [2.05, 4.69) is 28.8 Å². The molecule has 0 aliphatic carbocycles. The van der Waals surface area contributed by atoms with E-state index in [0.29, 0.717) is 0 Å². The molecule has 0 radical (unpaired) electrons. The molecule has 1 aliphatic rings. The van der Waals surface area contributed by atoms with Crippen molar-refractivity contribution in [1.82, 2.24) is 0 Å². The third-order valence-corrected chi connectivity index (χ3v) is 4.83. The molecule has 1 saturated heterocycles. The molecule has 0 bridgehead atoms. The Balaban J connectivity index is 2.51. The number of unbranched alkanes of at least 4 members (excludes halogenated alkanes) is 3. The molecule has 0 spiro atoms. The molecule has 4 heteroatoms. The van der Waals surface area contributed by atoms with Gasteiger partial charge >= 0.3 is 5.97 Å². The molecule has 1 heterocycles. The molecule has 0 N–H and O–H groups in total. The van der Waals surface area contributed by atoms with E-state index in [1.165, 1.54) is 26.2 Å². The van der Waals surface area contributed by atoms with E-state index in [9.17, 15) is 4.79 Å². The third kappa shape index (κ3) is 6.98. The lowest BCUT2D eigenvalue weighted by atomic mass is 10.0. The number of rotatable bonds is 9. The number of terminal acetylenes is 1. The van der Waals surface area contributed by atoms with Crippen LogP contribution in [0.25, 0.3) is 0 Å². The molecule has 1 unspecified atom stereocenters. The maximum atomic E-state index is 11.3. The van der Waals surface area contributed by atoms with Crippen molar-refractivity contribution in [2.45, 2.75) is 81.9 Å². The van der Waals surface area contributed by atoms with Crippen LogP contribution in [0.3, 0.4) is 0 Å². The number of halogens is 1. The van der Waals surface area contributed by atoms with Gasteiger partial charge in [-0.05, 0) is 18.9 Å². The number of hydrogen-bond donors (Lipinski definition) is 0. The number of hydrogen-bond acceptors (Lipinski definition) is 3. The van der Waals surface area contributed by atoms with E-state index >= 15 is 0 Å². The van der Waals surface area contributed by atoms with Crippen LogP contribution >= 0.6 is 15.9 Å². The van der Waals surface area contributed by atoms with Gasteiger partial charge in [0.25, 0.3) is 0 Å². The van der Waals surface area contributed by atoms with E-state index in [-0.39, 0.29) is 29.1 Å². The van der Waals surface area contributed by atoms with Crippen LogP contribution in [0.15, 0.2) is 12.2 Å². The van der Waals surface area contributed by atoms with Crippen molar-refractivity contribution in [3.8, 4) is 12.3 Å². The van der Waals surface area contributed by atoms with Gasteiger partial charge < -0.3 is 9.47 Å². The lowest BCUT2D eigenvalue weighted by Crippen LogP contribution is -2.26. The zero-order chi connectivity index (χ0) is 16.4. The van der Waals surface area contributed by atoms with Crippen molar-refractivity contribution < 1.29 is 14.3 Å². The van der Waals surface area contributed by atoms with E-state index in [0.717, 1.165) is 25.7 Å². The average Bonchev–Trinajstić information content (AvgIpc) is 2.86. The van der Waals surface area contributed by atoms with Gasteiger partial charge in [-0.25, -0.2) is 0 Å². The van der Waals surface area contributed by atoms with Crippen LogP contribution < -0.4 is 0 Å². The lowest BCUT2D eigenvalue weighted by molar-refractivity contribution is -0.149. The van der Waals surface area contributed by atoms with Gasteiger partial charge in [-0.15, -0.1) is 6.42 Å². The van der Waals surface area contributed by atoms with Crippen LogP contribution in [-0.2, 0) is 14.3 Å². The third-order valence-electron chi connectivity index (χ3n) is 3.87. The van der Waals surface area contributed by atoms with Crippen molar-refractivity contribution in [2.75, 3.05) is 0 Å². The van der Waals surface area contributed by atoms with E-state index < -0.39 is 0 Å². The first-order valence-electron chi connectivity index (χ1n) is 8.16. The molecule has 0 saturated carbocycles. The topological polar surface area (TPSA) is 35.5 Å². The number of ether oxygens (including phenoxy) is 2. The molecular formula is C18H27BrO3. The Hall–Kier alpha value is -0.790. The Bertz CT molecular complexity index is 400. The SMILES string of the molecule is C#C/C=C\CC(Br)[C@@H]1C[C@@H](OC(C)=O)[C@H](CCCCCC)O1. The molecule has 1 aliphatic heterocycles. The molecule has 1 fully saturated rings. The fourth-order valence-corrected chi connectivity index (χ4v) is 3.32. The summed E-state index contributed by atoms with van der Waals surface area (Å²) in [6.07, 6.45) is 16.1. The monoisotopic (exact) mass is 370 g/mol. The number of carbonyl (C=O) groups is 1. The van der Waals surface area contributed by atoms with Gasteiger partial charge in [0, 0.05) is 18.2 Å². The lowest BCUT2D eigenvalue weighted by Gasteiger charge is -2.18. The van der Waals surface area contributed by atoms with Crippen molar-refractivity contribution in [3.05, 3.63) is 12.2 Å². The zero-order valence-corrected chi connectivity index (χ0v) is 15.2. The first-order chi connectivity index (χ1) is 10.6. The maximum absolute atomic E-state index is 11.3. The second-order valence-corrected chi connectivity index (χ2v) is 6.94. The zero-order valence-electron chi connectivity index (χ0n) is 13.6. The van der Waals surface area contributed by atoms with Gasteiger partial charge in [0.1, 0.15) is 6.10 Å². The summed E-state index contributed by atoms with van der Waals surface area (Å²) in [5.41, 5.74) is 0. The van der Waals surface area contributed by atoms with Gasteiger partial charge in [0.15, 0.2) is 0 Å². The molecule has 1 rings (SSSR count). The van der Waals surface area contributed by atoms with Gasteiger partial charge in [0.05, 0.1) is 12.2 Å². The summed E-state index contributed by atoms with van der Waals surface area (Å²) in [6, 6.07) is 0. The first kappa shape index (κ1) is 19.3. The predicted molar refractivity (Wildman–Crippen MR) is 92.9 cm³/mol. The van der Waals surface area contributed by atoms with Gasteiger partial charge in [-0.3, -0.25) is 4.79 Å². The van der Waals surface area contributed by atoms with Crippen LogP contribution in [0.4, 0.5) is 0 Å². The highest BCUT2D eigenvalue weighted by Crippen LogP contribution is 2.32. The van der Waals surface area contributed by atoms with Crippen LogP contribution in [0.1, 0.15) is 58.8 Å². The molecule has 22 heavy (non-hydrogen) atoms. The molecule has 0 aromatic carbocycles. The minimum absolute atomic E-state index is 0.0161. The number of alkyl halides is 1. The Morgan fingerprint density at radius 2 is 2.27 bits per heavy atom. The molecule has 4 atom stereocenters. The largest absolute Gasteiger partial charge is 0.460 e. The Morgan fingerprint density at radius 1 is 1.50 bits per heavy atom. The maximum Gasteiger partial charge on any atom is 0.302 e. The number of allylic oxidation sites excluding steroid dienone is 2. The fourth-order valence-electron chi connectivity index (χ4n) is 2.76. The van der Waals surface area contributed by atoms with Crippen molar-refractivity contribution in [3.63, 3.8) is 0 Å². The predicted octanol–water partition coefficient (Wildman–Crippen LogP) is 4.39. The van der Waals surface area contributed by atoms with Crippen LogP contribution in [0.2, 0.25) is 0 Å². The van der Waals surface area contributed by atoms with Gasteiger partial charge in [-0.1, -0.05) is 60.5 Å². The molecule has 0 aromatic rings. The van der Waals surface area contributed by atoms with Crippen LogP contribution in [0.5, 0.6) is 0 Å². The van der Waals surface area contributed by atoms with Crippen LogP contribution in [-0.4, -0.2) is 29.1 Å². The second-order valence-electron chi connectivity index (χ2n) is 5.77. The Kier molecular flexibility index (Phi) is 9.50. The highest BCUT2D eigenvalue weighted by Gasteiger charge is 2.39. The summed E-state index contributed by atoms with van der Waals surface area (Å²) in [4.78, 5) is 11.5. The summed E-state index contributed by atoms with van der Waals surface area (Å²) >= 11 is 3.66. The van der Waals surface area contributed by atoms with Crippen molar-refractivity contribution in [2.24, 2.45) is 0 Å². The highest BCUT2D eigenvalue weighted by atomic mass is 79.9. The minimum atomic E-state index is -0.230. The van der Waals surface area contributed by atoms with Crippen LogP contribution in [0, 0.1) is 12.3 Å². The summed E-state index contributed by atoms with van der Waals surface area (Å²) in [7, 11) is 0. The minimum Gasteiger partial charge on any atom is -0.460 e. The molecular weight excluding hydrogens is 344 g/mol. The van der Waals surface area contributed by atoms with Crippen molar-refractivity contribution in [1.29, 1.82) is 0 Å². The number of esters is 1. The van der Waals surface area contributed by atoms with Gasteiger partial charge in [0.2, 0.25) is 0 Å². The van der Waals surface area contributed by atoms with Gasteiger partial charge in [-0.2, -0.15) is 0 Å². The molecule has 124 valence electrons. The normalized spacial score (nSPS) is 26.0. The first-order valence-corrected chi connectivity index (χ1v) is 9.07. The quantitative estimate of drug-likeness (QED) is 0.261. The van der Waals surface area contributed by atoms with Crippen molar-refractivity contribution >= 4 is 21.9 Å². The summed E-state index contributed by atoms with van der Waals surface area (Å²) in [6.45, 7) is 3.66. The molecule has 3 nitrogen and oxygen atoms in total. The second kappa shape index (κ2) is 10.9. The summed E-state index contributed by atoms with van der Waals surface area (Å²) < 4.78 is 11.6. The average molecular weight is 371 g/mol. The number of carbonyl (C=O) groups excluding carboxylic acids is 1. The Morgan fingerprint density at radius 3 is 2.91 bits per heavy atom. The van der Waals surface area contributed by atoms with E-state index in [1.807, 2.05) is 6.08 Å². The summed E-state index contributed by atoms with van der Waals surface area (Å²) in [5, 5.41) is 0. The highest BCUT2D eigenvalue weighted by molar-refractivity contribution is 9.09. The summed E-state index contributed by atoms with van der Waals surface area (Å²) in [5.74, 6) is 2.26. The smallest absolute Gasteiger partial charge is 0.302 e. The Labute approximate surface area is 143 Å².